The molecule has 0 radical (unpaired) electrons. The number of hydrogen-bond acceptors (Lipinski definition) is 4. The summed E-state index contributed by atoms with van der Waals surface area (Å²) in [5.41, 5.74) is 0.436. The Labute approximate surface area is 152 Å². The summed E-state index contributed by atoms with van der Waals surface area (Å²) in [6.07, 6.45) is 1.38. The minimum atomic E-state index is -0.597. The fraction of sp³-hybridized carbons (Fsp3) is 0. The van der Waals surface area contributed by atoms with Gasteiger partial charge in [0, 0.05) is 5.56 Å². The average Bonchev–Trinajstić information content (AvgIpc) is 2.83. The van der Waals surface area contributed by atoms with Crippen LogP contribution in [0, 0.1) is 5.82 Å². The van der Waals surface area contributed by atoms with Crippen LogP contribution in [-0.2, 0) is 4.79 Å². The van der Waals surface area contributed by atoms with Crippen molar-refractivity contribution in [3.63, 3.8) is 0 Å². The predicted molar refractivity (Wildman–Crippen MR) is 97.2 cm³/mol. The summed E-state index contributed by atoms with van der Waals surface area (Å²) in [6.45, 7) is 0. The van der Waals surface area contributed by atoms with E-state index in [-0.39, 0.29) is 25.4 Å². The number of rotatable bonds is 2. The minimum Gasteiger partial charge on any atom is -0.268 e. The van der Waals surface area contributed by atoms with Crippen LogP contribution in [0.4, 0.5) is 4.39 Å². The Kier molecular flexibility index (Phi) is 4.80. The van der Waals surface area contributed by atoms with Gasteiger partial charge < -0.3 is 0 Å². The molecular weight excluding hydrogens is 369 g/mol. The van der Waals surface area contributed by atoms with E-state index in [1.54, 1.807) is 30.3 Å². The number of carbonyl (C=O) groups excluding carboxylic acids is 2. The highest BCUT2D eigenvalue weighted by Gasteiger charge is 2.38. The number of thiocarbonyl (C=S) groups is 1. The number of imide groups is 1. The Hall–Kier alpha value is -2.02. The van der Waals surface area contributed by atoms with Crippen molar-refractivity contribution in [2.45, 2.75) is 0 Å². The van der Waals surface area contributed by atoms with Gasteiger partial charge in [0.25, 0.3) is 11.8 Å². The molecule has 7 heteroatoms. The molecule has 0 spiro atoms. The summed E-state index contributed by atoms with van der Waals surface area (Å²) in [6, 6.07) is 12.4. The third kappa shape index (κ3) is 3.13. The van der Waals surface area contributed by atoms with Crippen LogP contribution in [0.25, 0.3) is 6.08 Å². The SMILES string of the molecule is O=C1/C(=C/c2ccccc2F)SC(=S)N1C(=O)c1ccccc1Cl. The van der Waals surface area contributed by atoms with Crippen LogP contribution in [0.15, 0.2) is 53.4 Å². The first-order valence-corrected chi connectivity index (χ1v) is 8.40. The maximum atomic E-state index is 13.7. The van der Waals surface area contributed by atoms with Gasteiger partial charge in [-0.3, -0.25) is 9.59 Å². The Balaban J connectivity index is 1.94. The molecule has 1 saturated heterocycles. The lowest BCUT2D eigenvalue weighted by atomic mass is 10.2. The van der Waals surface area contributed by atoms with E-state index in [0.29, 0.717) is 0 Å². The summed E-state index contributed by atoms with van der Waals surface area (Å²) in [7, 11) is 0. The normalized spacial score (nSPS) is 16.1. The molecular formula is C17H9ClFNO2S2. The number of halogens is 2. The zero-order valence-electron chi connectivity index (χ0n) is 12.0. The van der Waals surface area contributed by atoms with Gasteiger partial charge in [0.05, 0.1) is 15.5 Å². The van der Waals surface area contributed by atoms with E-state index in [1.807, 2.05) is 0 Å². The third-order valence-corrected chi connectivity index (χ3v) is 4.92. The molecule has 120 valence electrons. The quantitative estimate of drug-likeness (QED) is 0.438. The van der Waals surface area contributed by atoms with E-state index in [4.69, 9.17) is 23.8 Å². The smallest absolute Gasteiger partial charge is 0.268 e. The fourth-order valence-corrected chi connectivity index (χ4v) is 3.59. The van der Waals surface area contributed by atoms with Crippen molar-refractivity contribution in [1.82, 2.24) is 4.90 Å². The van der Waals surface area contributed by atoms with E-state index < -0.39 is 17.6 Å². The first kappa shape index (κ1) is 16.8. The molecule has 0 N–H and O–H groups in total. The van der Waals surface area contributed by atoms with Crippen molar-refractivity contribution in [3.8, 4) is 0 Å². The first-order valence-electron chi connectivity index (χ1n) is 6.80. The van der Waals surface area contributed by atoms with E-state index in [9.17, 15) is 14.0 Å². The Morgan fingerprint density at radius 2 is 1.83 bits per heavy atom. The Morgan fingerprint density at radius 1 is 1.17 bits per heavy atom. The molecule has 2 amide bonds. The van der Waals surface area contributed by atoms with Gasteiger partial charge in [-0.2, -0.15) is 0 Å². The van der Waals surface area contributed by atoms with Gasteiger partial charge in [0.1, 0.15) is 5.82 Å². The second-order valence-electron chi connectivity index (χ2n) is 4.82. The van der Waals surface area contributed by atoms with Crippen molar-refractivity contribution in [3.05, 3.63) is 75.4 Å². The third-order valence-electron chi connectivity index (χ3n) is 3.29. The van der Waals surface area contributed by atoms with E-state index in [0.717, 1.165) is 16.7 Å². The van der Waals surface area contributed by atoms with Crippen molar-refractivity contribution in [2.75, 3.05) is 0 Å². The topological polar surface area (TPSA) is 37.4 Å². The zero-order chi connectivity index (χ0) is 17.3. The van der Waals surface area contributed by atoms with Crippen molar-refractivity contribution in [2.24, 2.45) is 0 Å². The van der Waals surface area contributed by atoms with E-state index >= 15 is 0 Å². The van der Waals surface area contributed by atoms with Gasteiger partial charge in [0.15, 0.2) is 4.32 Å². The maximum Gasteiger partial charge on any atom is 0.273 e. The van der Waals surface area contributed by atoms with Crippen molar-refractivity contribution < 1.29 is 14.0 Å². The molecule has 0 aliphatic carbocycles. The summed E-state index contributed by atoms with van der Waals surface area (Å²) in [5.74, 6) is -1.64. The predicted octanol–water partition coefficient (Wildman–Crippen LogP) is 4.52. The maximum absolute atomic E-state index is 13.7. The van der Waals surface area contributed by atoms with Crippen LogP contribution >= 0.6 is 35.6 Å². The van der Waals surface area contributed by atoms with Gasteiger partial charge in [-0.1, -0.05) is 65.9 Å². The van der Waals surface area contributed by atoms with Crippen molar-refractivity contribution in [1.29, 1.82) is 0 Å². The Bertz CT molecular complexity index is 898. The number of benzene rings is 2. The van der Waals surface area contributed by atoms with Crippen LogP contribution in [0.3, 0.4) is 0 Å². The first-order chi connectivity index (χ1) is 11.5. The van der Waals surface area contributed by atoms with Crippen molar-refractivity contribution >= 4 is 57.8 Å². The minimum absolute atomic E-state index is 0.0903. The number of thioether (sulfide) groups is 1. The second-order valence-corrected chi connectivity index (χ2v) is 6.91. The highest BCUT2D eigenvalue weighted by atomic mass is 35.5. The fourth-order valence-electron chi connectivity index (χ4n) is 2.13. The summed E-state index contributed by atoms with van der Waals surface area (Å²) in [4.78, 5) is 26.2. The number of nitrogens with zero attached hydrogens (tertiary/aromatic N) is 1. The highest BCUT2D eigenvalue weighted by Crippen LogP contribution is 2.34. The van der Waals surface area contributed by atoms with E-state index in [2.05, 4.69) is 0 Å². The van der Waals surface area contributed by atoms with Crippen LogP contribution in [0.1, 0.15) is 15.9 Å². The number of amides is 2. The molecule has 24 heavy (non-hydrogen) atoms. The molecule has 0 saturated carbocycles. The molecule has 3 nitrogen and oxygen atoms in total. The lowest BCUT2D eigenvalue weighted by Crippen LogP contribution is -2.34. The largest absolute Gasteiger partial charge is 0.273 e. The lowest BCUT2D eigenvalue weighted by molar-refractivity contribution is -0.120. The molecule has 2 aromatic carbocycles. The molecule has 0 atom stereocenters. The number of hydrogen-bond donors (Lipinski definition) is 0. The van der Waals surface area contributed by atoms with Gasteiger partial charge in [-0.25, -0.2) is 9.29 Å². The second kappa shape index (κ2) is 6.84. The van der Waals surface area contributed by atoms with Crippen LogP contribution in [-0.4, -0.2) is 21.0 Å². The molecule has 0 unspecified atom stereocenters. The highest BCUT2D eigenvalue weighted by molar-refractivity contribution is 8.26. The molecule has 1 aliphatic heterocycles. The number of carbonyl (C=O) groups is 2. The standard InChI is InChI=1S/C17H9ClFNO2S2/c18-12-7-3-2-6-11(12)15(21)20-16(22)14(24-17(20)23)9-10-5-1-4-8-13(10)19/h1-9H/b14-9-. The monoisotopic (exact) mass is 377 g/mol. The molecule has 1 fully saturated rings. The lowest BCUT2D eigenvalue weighted by Gasteiger charge is -2.13. The van der Waals surface area contributed by atoms with Crippen LogP contribution in [0.2, 0.25) is 5.02 Å². The molecule has 1 aliphatic rings. The Morgan fingerprint density at radius 3 is 2.54 bits per heavy atom. The summed E-state index contributed by atoms with van der Waals surface area (Å²) < 4.78 is 13.8. The van der Waals surface area contributed by atoms with Gasteiger partial charge in [-0.15, -0.1) is 0 Å². The van der Waals surface area contributed by atoms with Gasteiger partial charge in [-0.05, 0) is 24.3 Å². The molecule has 0 bridgehead atoms. The molecule has 3 rings (SSSR count). The molecule has 0 aromatic heterocycles. The van der Waals surface area contributed by atoms with Crippen LogP contribution in [0.5, 0.6) is 0 Å². The molecule has 2 aromatic rings. The molecule has 1 heterocycles. The van der Waals surface area contributed by atoms with Crippen LogP contribution < -0.4 is 0 Å². The zero-order valence-corrected chi connectivity index (χ0v) is 14.4. The van der Waals surface area contributed by atoms with E-state index in [1.165, 1.54) is 24.3 Å². The van der Waals surface area contributed by atoms with Gasteiger partial charge >= 0.3 is 0 Å². The average molecular weight is 378 g/mol. The summed E-state index contributed by atoms with van der Waals surface area (Å²) >= 11 is 12.1. The summed E-state index contributed by atoms with van der Waals surface area (Å²) in [5, 5.41) is 0.231. The van der Waals surface area contributed by atoms with Gasteiger partial charge in [0.2, 0.25) is 0 Å².